The van der Waals surface area contributed by atoms with Crippen LogP contribution >= 0.6 is 0 Å². The van der Waals surface area contributed by atoms with Crippen LogP contribution in [0.5, 0.6) is 0 Å². The molecule has 0 aliphatic rings. The number of carbonyl (C=O) groups excluding carboxylic acids is 1. The van der Waals surface area contributed by atoms with Gasteiger partial charge in [0.05, 0.1) is 23.3 Å². The minimum Gasteiger partial charge on any atom is -0.465 e. The topological polar surface area (TPSA) is 124 Å². The molecule has 3 aromatic carbocycles. The summed E-state index contributed by atoms with van der Waals surface area (Å²) in [5, 5.41) is 29.2. The number of carboxylic acid groups (broad SMARTS) is 1. The number of rotatable bonds is 7. The normalized spacial score (nSPS) is 12.0. The van der Waals surface area contributed by atoms with Crippen LogP contribution in [-0.4, -0.2) is 33.2 Å². The number of fused-ring (bicyclic) bond motifs is 2. The Morgan fingerprint density at radius 3 is 2.06 bits per heavy atom. The van der Waals surface area contributed by atoms with Gasteiger partial charge < -0.3 is 26.2 Å². The van der Waals surface area contributed by atoms with Crippen LogP contribution in [0, 0.1) is 5.92 Å². The standard InChI is InChI=1S/C26H26N4O4/c1-15(2)23(30-26(33)34)25(32)28-18-12-16(14-31)11-17(13-18)27-24-19-7-3-5-9-21(19)29-22-10-6-4-8-20(22)24/h3-13,15,23,30-31H,14H2,1-2H3,(H,27,29)(H,28,32)(H,33,34). The molecule has 0 aliphatic carbocycles. The van der Waals surface area contributed by atoms with Gasteiger partial charge in [-0.15, -0.1) is 0 Å². The summed E-state index contributed by atoms with van der Waals surface area (Å²) in [5.41, 5.74) is 4.25. The van der Waals surface area contributed by atoms with Gasteiger partial charge in [0, 0.05) is 22.1 Å². The highest BCUT2D eigenvalue weighted by Crippen LogP contribution is 2.34. The average molecular weight is 459 g/mol. The Hall–Kier alpha value is -4.17. The molecule has 2 amide bonds. The molecule has 1 aromatic heterocycles. The van der Waals surface area contributed by atoms with Gasteiger partial charge in [0.1, 0.15) is 6.04 Å². The number of hydrogen-bond acceptors (Lipinski definition) is 5. The number of aromatic nitrogens is 1. The second kappa shape index (κ2) is 9.76. The summed E-state index contributed by atoms with van der Waals surface area (Å²) in [7, 11) is 0. The molecule has 0 spiro atoms. The molecule has 0 fully saturated rings. The van der Waals surface area contributed by atoms with E-state index in [9.17, 15) is 14.7 Å². The SMILES string of the molecule is CC(C)C(NC(=O)O)C(=O)Nc1cc(CO)cc(Nc2c3ccccc3nc3ccccc23)c1. The Balaban J connectivity index is 1.73. The maximum atomic E-state index is 12.8. The van der Waals surface area contributed by atoms with Crippen LogP contribution in [0.3, 0.4) is 0 Å². The molecule has 1 unspecified atom stereocenters. The Labute approximate surface area is 196 Å². The van der Waals surface area contributed by atoms with Crippen molar-refractivity contribution in [3.8, 4) is 0 Å². The molecular formula is C26H26N4O4. The fourth-order valence-corrected chi connectivity index (χ4v) is 3.93. The van der Waals surface area contributed by atoms with Crippen molar-refractivity contribution in [1.29, 1.82) is 0 Å². The number of nitrogens with zero attached hydrogens (tertiary/aromatic N) is 1. The van der Waals surface area contributed by atoms with E-state index in [2.05, 4.69) is 16.0 Å². The summed E-state index contributed by atoms with van der Waals surface area (Å²) in [6.07, 6.45) is -1.27. The molecular weight excluding hydrogens is 432 g/mol. The number of carbonyl (C=O) groups is 2. The third-order valence-electron chi connectivity index (χ3n) is 5.53. The monoisotopic (exact) mass is 458 g/mol. The molecule has 174 valence electrons. The lowest BCUT2D eigenvalue weighted by Crippen LogP contribution is -2.46. The molecule has 4 aromatic rings. The molecule has 1 heterocycles. The van der Waals surface area contributed by atoms with Crippen LogP contribution in [-0.2, 0) is 11.4 Å². The zero-order valence-electron chi connectivity index (χ0n) is 18.9. The molecule has 1 atom stereocenters. The second-order valence-electron chi connectivity index (χ2n) is 8.38. The van der Waals surface area contributed by atoms with E-state index in [1.165, 1.54) is 0 Å². The molecule has 0 radical (unpaired) electrons. The van der Waals surface area contributed by atoms with Gasteiger partial charge in [-0.25, -0.2) is 9.78 Å². The molecule has 8 heteroatoms. The van der Waals surface area contributed by atoms with E-state index in [-0.39, 0.29) is 12.5 Å². The quantitative estimate of drug-likeness (QED) is 0.252. The van der Waals surface area contributed by atoms with Gasteiger partial charge >= 0.3 is 6.09 Å². The third-order valence-corrected chi connectivity index (χ3v) is 5.53. The average Bonchev–Trinajstić information content (AvgIpc) is 2.81. The highest BCUT2D eigenvalue weighted by molar-refractivity contribution is 6.08. The lowest BCUT2D eigenvalue weighted by atomic mass is 10.0. The first kappa shape index (κ1) is 23.0. The van der Waals surface area contributed by atoms with Gasteiger partial charge in [-0.05, 0) is 41.8 Å². The van der Waals surface area contributed by atoms with E-state index in [0.717, 1.165) is 27.5 Å². The van der Waals surface area contributed by atoms with E-state index in [4.69, 9.17) is 10.1 Å². The summed E-state index contributed by atoms with van der Waals surface area (Å²) in [6, 6.07) is 19.9. The van der Waals surface area contributed by atoms with Crippen molar-refractivity contribution in [2.75, 3.05) is 10.6 Å². The minimum absolute atomic E-state index is 0.225. The van der Waals surface area contributed by atoms with Crippen LogP contribution < -0.4 is 16.0 Å². The van der Waals surface area contributed by atoms with Gasteiger partial charge in [0.15, 0.2) is 0 Å². The number of benzene rings is 3. The number of aliphatic hydroxyl groups is 1. The lowest BCUT2D eigenvalue weighted by Gasteiger charge is -2.21. The number of nitrogens with one attached hydrogen (secondary N) is 3. The van der Waals surface area contributed by atoms with Crippen molar-refractivity contribution in [3.63, 3.8) is 0 Å². The summed E-state index contributed by atoms with van der Waals surface area (Å²) < 4.78 is 0. The van der Waals surface area contributed by atoms with Crippen LogP contribution in [0.15, 0.2) is 66.7 Å². The predicted octanol–water partition coefficient (Wildman–Crippen LogP) is 4.85. The van der Waals surface area contributed by atoms with Crippen molar-refractivity contribution < 1.29 is 19.8 Å². The summed E-state index contributed by atoms with van der Waals surface area (Å²) in [5.74, 6) is -0.720. The molecule has 0 bridgehead atoms. The highest BCUT2D eigenvalue weighted by atomic mass is 16.4. The molecule has 0 saturated carbocycles. The first-order chi connectivity index (χ1) is 16.4. The molecule has 4 rings (SSSR count). The molecule has 5 N–H and O–H groups in total. The highest BCUT2D eigenvalue weighted by Gasteiger charge is 2.24. The van der Waals surface area contributed by atoms with Crippen molar-refractivity contribution in [1.82, 2.24) is 10.3 Å². The van der Waals surface area contributed by atoms with Gasteiger partial charge in [-0.1, -0.05) is 50.2 Å². The Morgan fingerprint density at radius 1 is 0.912 bits per heavy atom. The zero-order chi connectivity index (χ0) is 24.2. The Kier molecular flexibility index (Phi) is 6.60. The Bertz CT molecular complexity index is 1320. The van der Waals surface area contributed by atoms with Crippen LogP contribution in [0.25, 0.3) is 21.8 Å². The summed E-state index contributed by atoms with van der Waals surface area (Å²) >= 11 is 0. The maximum absolute atomic E-state index is 12.8. The van der Waals surface area contributed by atoms with Crippen molar-refractivity contribution in [2.24, 2.45) is 5.92 Å². The van der Waals surface area contributed by atoms with E-state index in [1.54, 1.807) is 32.0 Å². The van der Waals surface area contributed by atoms with E-state index in [1.807, 2.05) is 48.5 Å². The number of pyridine rings is 1. The fourth-order valence-electron chi connectivity index (χ4n) is 3.93. The van der Waals surface area contributed by atoms with E-state index >= 15 is 0 Å². The van der Waals surface area contributed by atoms with Crippen LogP contribution in [0.1, 0.15) is 19.4 Å². The largest absolute Gasteiger partial charge is 0.465 e. The van der Waals surface area contributed by atoms with Crippen molar-refractivity contribution in [2.45, 2.75) is 26.5 Å². The van der Waals surface area contributed by atoms with Crippen molar-refractivity contribution >= 4 is 50.9 Å². The van der Waals surface area contributed by atoms with Gasteiger partial charge in [0.2, 0.25) is 5.91 Å². The van der Waals surface area contributed by atoms with Gasteiger partial charge in [-0.2, -0.15) is 0 Å². The molecule has 0 aliphatic heterocycles. The van der Waals surface area contributed by atoms with Crippen LogP contribution in [0.2, 0.25) is 0 Å². The van der Waals surface area contributed by atoms with Crippen molar-refractivity contribution in [3.05, 3.63) is 72.3 Å². The Morgan fingerprint density at radius 2 is 1.50 bits per heavy atom. The predicted molar refractivity (Wildman–Crippen MR) is 133 cm³/mol. The van der Waals surface area contributed by atoms with Crippen LogP contribution in [0.4, 0.5) is 21.9 Å². The molecule has 0 saturated heterocycles. The second-order valence-corrected chi connectivity index (χ2v) is 8.38. The molecule has 34 heavy (non-hydrogen) atoms. The summed E-state index contributed by atoms with van der Waals surface area (Å²) in [6.45, 7) is 3.30. The smallest absolute Gasteiger partial charge is 0.405 e. The van der Waals surface area contributed by atoms with Gasteiger partial charge in [-0.3, -0.25) is 4.79 Å². The van der Waals surface area contributed by atoms with E-state index < -0.39 is 18.0 Å². The first-order valence-electron chi connectivity index (χ1n) is 11.0. The number of para-hydroxylation sites is 2. The number of aliphatic hydroxyl groups excluding tert-OH is 1. The maximum Gasteiger partial charge on any atom is 0.405 e. The fraction of sp³-hybridized carbons (Fsp3) is 0.192. The first-order valence-corrected chi connectivity index (χ1v) is 11.0. The molecule has 8 nitrogen and oxygen atoms in total. The number of hydrogen-bond donors (Lipinski definition) is 5. The minimum atomic E-state index is -1.27. The van der Waals surface area contributed by atoms with E-state index in [0.29, 0.717) is 16.9 Å². The third kappa shape index (κ3) is 4.92. The lowest BCUT2D eigenvalue weighted by molar-refractivity contribution is -0.118. The van der Waals surface area contributed by atoms with Gasteiger partial charge in [0.25, 0.3) is 0 Å². The number of amides is 2. The summed E-state index contributed by atoms with van der Waals surface area (Å²) in [4.78, 5) is 28.6. The zero-order valence-corrected chi connectivity index (χ0v) is 18.9. The number of anilines is 3.